The van der Waals surface area contributed by atoms with Crippen molar-refractivity contribution in [3.63, 3.8) is 0 Å². The number of ether oxygens (including phenoxy) is 1. The van der Waals surface area contributed by atoms with Crippen molar-refractivity contribution >= 4 is 34.3 Å². The van der Waals surface area contributed by atoms with Gasteiger partial charge in [-0.1, -0.05) is 0 Å². The molecule has 0 fully saturated rings. The number of carbonyl (C=O) groups excluding carboxylic acids is 1. The fourth-order valence-electron chi connectivity index (χ4n) is 1.75. The Hall–Kier alpha value is -2.41. The zero-order valence-electron chi connectivity index (χ0n) is 10.7. The van der Waals surface area contributed by atoms with E-state index in [0.29, 0.717) is 11.4 Å². The molecule has 0 unspecified atom stereocenters. The molecule has 0 saturated heterocycles. The molecule has 1 amide bonds. The first-order valence-electron chi connectivity index (χ1n) is 5.98. The maximum atomic E-state index is 11.2. The van der Waals surface area contributed by atoms with Crippen LogP contribution >= 0.6 is 11.3 Å². The van der Waals surface area contributed by atoms with Crippen LogP contribution in [-0.4, -0.2) is 23.7 Å². The summed E-state index contributed by atoms with van der Waals surface area (Å²) in [6.45, 7) is 1.99. The summed E-state index contributed by atoms with van der Waals surface area (Å²) in [6, 6.07) is 5.49. The molecule has 6 nitrogen and oxygen atoms in total. The molecule has 20 heavy (non-hydrogen) atoms. The summed E-state index contributed by atoms with van der Waals surface area (Å²) in [4.78, 5) is 15.5. The summed E-state index contributed by atoms with van der Waals surface area (Å²) in [5.41, 5.74) is 5.34. The molecule has 1 aliphatic rings. The number of thiazole rings is 1. The molecule has 0 atom stereocenters. The van der Waals surface area contributed by atoms with Gasteiger partial charge in [0.05, 0.1) is 17.6 Å². The number of hydrazone groups is 1. The SMILES string of the molecule is Cc1csc(NN=Cc2ccc3c(c2)NC(=O)CO3)n1. The fourth-order valence-corrected chi connectivity index (χ4v) is 2.39. The molecular weight excluding hydrogens is 276 g/mol. The average molecular weight is 288 g/mol. The topological polar surface area (TPSA) is 75.6 Å². The van der Waals surface area contributed by atoms with E-state index in [-0.39, 0.29) is 12.5 Å². The molecule has 2 aromatic rings. The van der Waals surface area contributed by atoms with Crippen LogP contribution in [0.2, 0.25) is 0 Å². The predicted molar refractivity (Wildman–Crippen MR) is 78.6 cm³/mol. The number of amides is 1. The number of nitrogens with one attached hydrogen (secondary N) is 2. The molecule has 3 rings (SSSR count). The van der Waals surface area contributed by atoms with E-state index < -0.39 is 0 Å². The van der Waals surface area contributed by atoms with Crippen molar-refractivity contribution in [2.75, 3.05) is 17.3 Å². The van der Waals surface area contributed by atoms with Crippen molar-refractivity contribution in [2.45, 2.75) is 6.92 Å². The van der Waals surface area contributed by atoms with Crippen LogP contribution in [0.3, 0.4) is 0 Å². The smallest absolute Gasteiger partial charge is 0.262 e. The number of carbonyl (C=O) groups is 1. The summed E-state index contributed by atoms with van der Waals surface area (Å²) < 4.78 is 5.29. The Morgan fingerprint density at radius 3 is 3.25 bits per heavy atom. The van der Waals surface area contributed by atoms with Gasteiger partial charge in [-0.05, 0) is 30.7 Å². The lowest BCUT2D eigenvalue weighted by atomic mass is 10.2. The molecule has 0 aliphatic carbocycles. The molecule has 102 valence electrons. The van der Waals surface area contributed by atoms with Crippen LogP contribution in [0.4, 0.5) is 10.8 Å². The third-order valence-corrected chi connectivity index (χ3v) is 3.49. The standard InChI is InChI=1S/C13H12N4O2S/c1-8-7-20-13(15-8)17-14-5-9-2-3-11-10(4-9)16-12(18)6-19-11/h2-5,7H,6H2,1H3,(H,15,17)(H,16,18). The third-order valence-electron chi connectivity index (χ3n) is 2.63. The van der Waals surface area contributed by atoms with E-state index in [2.05, 4.69) is 20.8 Å². The van der Waals surface area contributed by atoms with Gasteiger partial charge in [-0.15, -0.1) is 11.3 Å². The number of aryl methyl sites for hydroxylation is 1. The van der Waals surface area contributed by atoms with E-state index in [0.717, 1.165) is 16.4 Å². The third kappa shape index (κ3) is 2.77. The van der Waals surface area contributed by atoms with Crippen LogP contribution in [0.15, 0.2) is 28.7 Å². The molecule has 0 bridgehead atoms. The highest BCUT2D eigenvalue weighted by atomic mass is 32.1. The number of aromatic nitrogens is 1. The van der Waals surface area contributed by atoms with Gasteiger partial charge in [0.15, 0.2) is 6.61 Å². The lowest BCUT2D eigenvalue weighted by Gasteiger charge is -2.17. The summed E-state index contributed by atoms with van der Waals surface area (Å²) in [7, 11) is 0. The number of hydrogen-bond donors (Lipinski definition) is 2. The van der Waals surface area contributed by atoms with Crippen LogP contribution in [0.25, 0.3) is 0 Å². The lowest BCUT2D eigenvalue weighted by Crippen LogP contribution is -2.25. The molecule has 2 heterocycles. The molecule has 2 N–H and O–H groups in total. The van der Waals surface area contributed by atoms with Gasteiger partial charge in [-0.3, -0.25) is 10.2 Å². The first-order valence-corrected chi connectivity index (χ1v) is 6.86. The highest BCUT2D eigenvalue weighted by molar-refractivity contribution is 7.13. The summed E-state index contributed by atoms with van der Waals surface area (Å²) in [5, 5.41) is 9.56. The number of nitrogens with zero attached hydrogens (tertiary/aromatic N) is 2. The second-order valence-corrected chi connectivity index (χ2v) is 5.11. The molecule has 0 spiro atoms. The maximum Gasteiger partial charge on any atom is 0.262 e. The van der Waals surface area contributed by atoms with Gasteiger partial charge in [0, 0.05) is 5.38 Å². The Morgan fingerprint density at radius 2 is 2.45 bits per heavy atom. The Morgan fingerprint density at radius 1 is 1.55 bits per heavy atom. The maximum absolute atomic E-state index is 11.2. The Kier molecular flexibility index (Phi) is 3.34. The molecule has 7 heteroatoms. The number of hydrogen-bond acceptors (Lipinski definition) is 6. The van der Waals surface area contributed by atoms with Gasteiger partial charge >= 0.3 is 0 Å². The van der Waals surface area contributed by atoms with Crippen LogP contribution in [0.5, 0.6) is 5.75 Å². The van der Waals surface area contributed by atoms with Gasteiger partial charge in [-0.25, -0.2) is 4.98 Å². The Bertz CT molecular complexity index is 681. The van der Waals surface area contributed by atoms with Crippen molar-refractivity contribution in [3.05, 3.63) is 34.8 Å². The molecular formula is C13H12N4O2S. The summed E-state index contributed by atoms with van der Waals surface area (Å²) in [5.74, 6) is 0.522. The first kappa shape index (κ1) is 12.6. The summed E-state index contributed by atoms with van der Waals surface area (Å²) >= 11 is 1.49. The number of benzene rings is 1. The van der Waals surface area contributed by atoms with Gasteiger partial charge in [0.25, 0.3) is 5.91 Å². The minimum absolute atomic E-state index is 0.0609. The number of rotatable bonds is 3. The molecule has 0 radical (unpaired) electrons. The molecule has 1 aromatic carbocycles. The lowest BCUT2D eigenvalue weighted by molar-refractivity contribution is -0.118. The molecule has 0 saturated carbocycles. The monoisotopic (exact) mass is 288 g/mol. The normalized spacial score (nSPS) is 13.8. The van der Waals surface area contributed by atoms with Crippen molar-refractivity contribution in [3.8, 4) is 5.75 Å². The van der Waals surface area contributed by atoms with Crippen molar-refractivity contribution in [1.82, 2.24) is 4.98 Å². The Labute approximate surface area is 119 Å². The van der Waals surface area contributed by atoms with E-state index in [1.165, 1.54) is 11.3 Å². The van der Waals surface area contributed by atoms with Gasteiger partial charge in [0.2, 0.25) is 5.13 Å². The zero-order chi connectivity index (χ0) is 13.9. The second-order valence-electron chi connectivity index (χ2n) is 4.26. The zero-order valence-corrected chi connectivity index (χ0v) is 11.5. The second kappa shape index (κ2) is 5.30. The van der Waals surface area contributed by atoms with Crippen molar-refractivity contribution in [2.24, 2.45) is 5.10 Å². The van der Waals surface area contributed by atoms with Crippen LogP contribution in [0, 0.1) is 6.92 Å². The van der Waals surface area contributed by atoms with E-state index in [1.54, 1.807) is 6.21 Å². The van der Waals surface area contributed by atoms with Crippen LogP contribution in [0.1, 0.15) is 11.3 Å². The number of fused-ring (bicyclic) bond motifs is 1. The molecule has 1 aliphatic heterocycles. The average Bonchev–Trinajstić information content (AvgIpc) is 2.84. The van der Waals surface area contributed by atoms with Gasteiger partial charge in [0.1, 0.15) is 5.75 Å². The first-order chi connectivity index (χ1) is 9.70. The predicted octanol–water partition coefficient (Wildman–Crippen LogP) is 2.23. The quantitative estimate of drug-likeness (QED) is 0.671. The van der Waals surface area contributed by atoms with Crippen molar-refractivity contribution in [1.29, 1.82) is 0 Å². The Balaban J connectivity index is 1.71. The minimum Gasteiger partial charge on any atom is -0.482 e. The van der Waals surface area contributed by atoms with E-state index in [9.17, 15) is 4.79 Å². The highest BCUT2D eigenvalue weighted by Gasteiger charge is 2.15. The van der Waals surface area contributed by atoms with Gasteiger partial charge < -0.3 is 10.1 Å². The highest BCUT2D eigenvalue weighted by Crippen LogP contribution is 2.27. The van der Waals surface area contributed by atoms with E-state index >= 15 is 0 Å². The minimum atomic E-state index is -0.150. The summed E-state index contributed by atoms with van der Waals surface area (Å²) in [6.07, 6.45) is 1.66. The van der Waals surface area contributed by atoms with Crippen LogP contribution < -0.4 is 15.5 Å². The van der Waals surface area contributed by atoms with Crippen molar-refractivity contribution < 1.29 is 9.53 Å². The van der Waals surface area contributed by atoms with E-state index in [1.807, 2.05) is 30.5 Å². The van der Waals surface area contributed by atoms with E-state index in [4.69, 9.17) is 4.74 Å². The largest absolute Gasteiger partial charge is 0.482 e. The van der Waals surface area contributed by atoms with Gasteiger partial charge in [-0.2, -0.15) is 5.10 Å². The van der Waals surface area contributed by atoms with Crippen LogP contribution in [-0.2, 0) is 4.79 Å². The molecule has 1 aromatic heterocycles. The fraction of sp³-hybridized carbons (Fsp3) is 0.154. The number of anilines is 2.